The summed E-state index contributed by atoms with van der Waals surface area (Å²) in [6.07, 6.45) is -2.75. The van der Waals surface area contributed by atoms with Crippen molar-refractivity contribution in [2.75, 3.05) is 12.3 Å². The number of hydrogen-bond acceptors (Lipinski definition) is 12. The van der Waals surface area contributed by atoms with E-state index in [2.05, 4.69) is 19.9 Å². The van der Waals surface area contributed by atoms with Crippen LogP contribution >= 0.6 is 7.82 Å². The van der Waals surface area contributed by atoms with Crippen LogP contribution in [0.2, 0.25) is 0 Å². The fraction of sp³-hybridized carbons (Fsp3) is 0.300. The smallest absolute Gasteiger partial charge is 0.871 e. The molecule has 0 radical (unpaired) electrons. The number of nitrogens with two attached hydrogens (primary N) is 1. The fourth-order valence-electron chi connectivity index (χ4n) is 3.86. The van der Waals surface area contributed by atoms with Gasteiger partial charge in [0.1, 0.15) is 36.8 Å². The summed E-state index contributed by atoms with van der Waals surface area (Å²) in [5.74, 6) is -0.178. The summed E-state index contributed by atoms with van der Waals surface area (Å²) in [5.41, 5.74) is 6.73. The van der Waals surface area contributed by atoms with E-state index in [-0.39, 0.29) is 63.5 Å². The number of aliphatic hydroxyl groups excluding tert-OH is 2. The van der Waals surface area contributed by atoms with Gasteiger partial charge in [-0.25, -0.2) is 19.5 Å². The molecule has 1 aliphatic heterocycles. The molecule has 3 aromatic heterocycles. The minimum Gasteiger partial charge on any atom is -0.871 e. The van der Waals surface area contributed by atoms with Crippen molar-refractivity contribution in [3.05, 3.63) is 48.7 Å². The second-order valence-electron chi connectivity index (χ2n) is 7.76. The fourth-order valence-corrected chi connectivity index (χ4v) is 4.78. The second-order valence-corrected chi connectivity index (χ2v) is 9.17. The van der Waals surface area contributed by atoms with Gasteiger partial charge in [0, 0.05) is 0 Å². The topological polar surface area (TPSA) is 211 Å². The van der Waals surface area contributed by atoms with Crippen molar-refractivity contribution in [2.24, 2.45) is 0 Å². The molecule has 0 saturated carbocycles. The SMILES string of the molecule is Nc1ncnc2c1ncn2[C@@H]1O[C@H](CO)[C@@H](OP(=O)(O)OCc2ccc3cccc([O-])c3n2)[C@H]1O.[Na+]. The zero-order chi connectivity index (χ0) is 24.7. The van der Waals surface area contributed by atoms with E-state index in [0.717, 1.165) is 0 Å². The number of aromatic nitrogens is 5. The largest absolute Gasteiger partial charge is 1.00 e. The van der Waals surface area contributed by atoms with Gasteiger partial charge in [-0.15, -0.1) is 0 Å². The van der Waals surface area contributed by atoms with E-state index in [9.17, 15) is 24.8 Å². The van der Waals surface area contributed by atoms with Gasteiger partial charge in [0.25, 0.3) is 0 Å². The van der Waals surface area contributed by atoms with Crippen molar-refractivity contribution in [3.8, 4) is 5.75 Å². The van der Waals surface area contributed by atoms with Crippen LogP contribution in [-0.2, 0) is 25.0 Å². The summed E-state index contributed by atoms with van der Waals surface area (Å²) >= 11 is 0. The van der Waals surface area contributed by atoms with Crippen LogP contribution in [0.15, 0.2) is 43.0 Å². The van der Waals surface area contributed by atoms with Crippen molar-refractivity contribution in [2.45, 2.75) is 31.1 Å². The maximum atomic E-state index is 12.6. The number of ether oxygens (including phenoxy) is 1. The van der Waals surface area contributed by atoms with Gasteiger partial charge in [0.05, 0.1) is 24.1 Å². The number of phosphoric acid groups is 1. The first-order valence-electron chi connectivity index (χ1n) is 10.4. The van der Waals surface area contributed by atoms with Crippen LogP contribution in [0.1, 0.15) is 11.9 Å². The van der Waals surface area contributed by atoms with Gasteiger partial charge < -0.3 is 30.7 Å². The van der Waals surface area contributed by atoms with Crippen LogP contribution in [0, 0.1) is 0 Å². The molecule has 4 aromatic rings. The van der Waals surface area contributed by atoms with Crippen molar-refractivity contribution in [1.29, 1.82) is 0 Å². The molecule has 16 heteroatoms. The molecule has 184 valence electrons. The predicted molar refractivity (Wildman–Crippen MR) is 117 cm³/mol. The molecule has 1 saturated heterocycles. The third-order valence-electron chi connectivity index (χ3n) is 5.52. The second kappa shape index (κ2) is 10.6. The number of fused-ring (bicyclic) bond motifs is 2. The Kier molecular flexibility index (Phi) is 7.92. The Morgan fingerprint density at radius 2 is 2.00 bits per heavy atom. The van der Waals surface area contributed by atoms with Gasteiger partial charge in [0.2, 0.25) is 0 Å². The first-order valence-corrected chi connectivity index (χ1v) is 11.9. The van der Waals surface area contributed by atoms with E-state index in [1.807, 2.05) is 0 Å². The Labute approximate surface area is 225 Å². The van der Waals surface area contributed by atoms with Crippen LogP contribution < -0.4 is 40.4 Å². The molecule has 0 aliphatic carbocycles. The number of pyridine rings is 1. The molecule has 36 heavy (non-hydrogen) atoms. The summed E-state index contributed by atoms with van der Waals surface area (Å²) < 4.78 is 29.9. The molecule has 5 N–H and O–H groups in total. The van der Waals surface area contributed by atoms with Crippen LogP contribution in [0.4, 0.5) is 5.82 Å². The maximum Gasteiger partial charge on any atom is 1.00 e. The third kappa shape index (κ3) is 5.10. The standard InChI is InChI=1S/C20H21N6O8P.Na/c21-18-15-19(23-8-22-18)26(9-24-15)20-16(29)17(13(6-27)33-20)34-35(30,31)32-7-11-5-4-10-2-1-3-12(28)14(10)25-11;/h1-5,8-9,13,16-17,20,27-29H,6-7H2,(H,30,31)(H2,21,22,23);/q;+1/p-1/t13-,16-,17-,20-;/m1./s1. The number of anilines is 1. The Morgan fingerprint density at radius 3 is 2.78 bits per heavy atom. The van der Waals surface area contributed by atoms with Crippen molar-refractivity contribution in [1.82, 2.24) is 24.5 Å². The minimum atomic E-state index is -4.77. The number of nitrogen functional groups attached to an aromatic ring is 1. The molecule has 0 amide bonds. The van der Waals surface area contributed by atoms with E-state index >= 15 is 0 Å². The summed E-state index contributed by atoms with van der Waals surface area (Å²) in [7, 11) is -4.77. The van der Waals surface area contributed by atoms with Gasteiger partial charge in [-0.05, 0) is 11.5 Å². The monoisotopic (exact) mass is 526 g/mol. The number of rotatable bonds is 7. The number of para-hydroxylation sites is 1. The van der Waals surface area contributed by atoms with Crippen LogP contribution in [0.3, 0.4) is 0 Å². The first kappa shape index (κ1) is 26.8. The Bertz CT molecular complexity index is 1440. The summed E-state index contributed by atoms with van der Waals surface area (Å²) in [6, 6.07) is 7.85. The molecule has 0 spiro atoms. The average Bonchev–Trinajstić information content (AvgIpc) is 3.40. The van der Waals surface area contributed by atoms with E-state index < -0.39 is 45.6 Å². The maximum absolute atomic E-state index is 12.6. The average molecular weight is 526 g/mol. The van der Waals surface area contributed by atoms with Gasteiger partial charge in [0.15, 0.2) is 17.7 Å². The van der Waals surface area contributed by atoms with E-state index in [4.69, 9.17) is 19.5 Å². The zero-order valence-electron chi connectivity index (χ0n) is 18.9. The summed E-state index contributed by atoms with van der Waals surface area (Å²) in [5, 5.41) is 33.1. The van der Waals surface area contributed by atoms with Crippen molar-refractivity contribution >= 4 is 35.7 Å². The number of imidazole rings is 1. The third-order valence-corrected chi connectivity index (χ3v) is 6.49. The molecule has 4 heterocycles. The number of phosphoric ester groups is 1. The molecule has 1 unspecified atom stereocenters. The summed E-state index contributed by atoms with van der Waals surface area (Å²) in [4.78, 5) is 26.5. The van der Waals surface area contributed by atoms with Crippen LogP contribution in [0.25, 0.3) is 22.1 Å². The normalized spacial score (nSPS) is 23.5. The van der Waals surface area contributed by atoms with Gasteiger partial charge in [-0.1, -0.05) is 30.0 Å². The molecule has 1 fully saturated rings. The minimum absolute atomic E-state index is 0. The first-order chi connectivity index (χ1) is 16.8. The number of benzene rings is 1. The van der Waals surface area contributed by atoms with Gasteiger partial charge in [-0.2, -0.15) is 0 Å². The number of hydrogen-bond donors (Lipinski definition) is 4. The predicted octanol–water partition coefficient (Wildman–Crippen LogP) is -3.01. The zero-order valence-corrected chi connectivity index (χ0v) is 21.8. The molecule has 1 aromatic carbocycles. The summed E-state index contributed by atoms with van der Waals surface area (Å²) in [6.45, 7) is -1.07. The van der Waals surface area contributed by atoms with Crippen LogP contribution in [-0.4, -0.2) is 64.5 Å². The number of nitrogens with zero attached hydrogens (tertiary/aromatic N) is 5. The van der Waals surface area contributed by atoms with E-state index in [0.29, 0.717) is 5.39 Å². The molecule has 0 bridgehead atoms. The van der Waals surface area contributed by atoms with Crippen molar-refractivity contribution in [3.63, 3.8) is 0 Å². The van der Waals surface area contributed by atoms with E-state index in [1.54, 1.807) is 24.3 Å². The van der Waals surface area contributed by atoms with Crippen molar-refractivity contribution < 1.29 is 68.1 Å². The Balaban J connectivity index is 0.00000304. The molecule has 5 rings (SSSR count). The van der Waals surface area contributed by atoms with Crippen LogP contribution in [0.5, 0.6) is 5.75 Å². The van der Waals surface area contributed by atoms with Gasteiger partial charge >= 0.3 is 37.4 Å². The molecule has 14 nitrogen and oxygen atoms in total. The quantitative estimate of drug-likeness (QED) is 0.140. The Morgan fingerprint density at radius 1 is 1.19 bits per heavy atom. The number of aliphatic hydroxyl groups is 2. The molecule has 5 atom stereocenters. The molecular weight excluding hydrogens is 506 g/mol. The van der Waals surface area contributed by atoms with E-state index in [1.165, 1.54) is 23.3 Å². The van der Waals surface area contributed by atoms with Gasteiger partial charge in [-0.3, -0.25) is 18.6 Å². The molecular formula is C20H20N6NaO8P. The Hall–Kier alpha value is -2.23. The molecule has 1 aliphatic rings.